The number of benzene rings is 3. The molecular weight excluding hydrogens is 404 g/mol. The van der Waals surface area contributed by atoms with Crippen LogP contribution in [-0.4, -0.2) is 26.0 Å². The summed E-state index contributed by atoms with van der Waals surface area (Å²) in [6.45, 7) is 3.97. The van der Waals surface area contributed by atoms with Crippen LogP contribution in [-0.2, 0) is 9.59 Å². The normalized spacial score (nSPS) is 13.6. The van der Waals surface area contributed by atoms with Crippen molar-refractivity contribution in [2.24, 2.45) is 0 Å². The van der Waals surface area contributed by atoms with Crippen molar-refractivity contribution in [3.63, 3.8) is 0 Å². The van der Waals surface area contributed by atoms with Crippen molar-refractivity contribution in [1.82, 2.24) is 0 Å². The molecule has 0 fully saturated rings. The van der Waals surface area contributed by atoms with E-state index in [-0.39, 0.29) is 5.70 Å². The van der Waals surface area contributed by atoms with Crippen LogP contribution in [0.4, 0.5) is 11.4 Å². The number of nitrogens with zero attached hydrogens (tertiary/aromatic N) is 1. The average Bonchev–Trinajstić information content (AvgIpc) is 3.05. The number of rotatable bonds is 6. The van der Waals surface area contributed by atoms with Gasteiger partial charge in [0.25, 0.3) is 11.8 Å². The van der Waals surface area contributed by atoms with Gasteiger partial charge in [0, 0.05) is 11.8 Å². The predicted octanol–water partition coefficient (Wildman–Crippen LogP) is 4.72. The highest BCUT2D eigenvalue weighted by Crippen LogP contribution is 2.35. The molecule has 1 aliphatic rings. The summed E-state index contributed by atoms with van der Waals surface area (Å²) in [7, 11) is 3.12. The lowest BCUT2D eigenvalue weighted by atomic mass is 10.0. The van der Waals surface area contributed by atoms with Crippen LogP contribution in [0.1, 0.15) is 16.7 Å². The highest BCUT2D eigenvalue weighted by Gasteiger charge is 2.40. The first-order chi connectivity index (χ1) is 15.4. The number of imide groups is 1. The maximum atomic E-state index is 13.5. The highest BCUT2D eigenvalue weighted by atomic mass is 16.5. The van der Waals surface area contributed by atoms with Crippen molar-refractivity contribution in [1.29, 1.82) is 0 Å². The van der Waals surface area contributed by atoms with Gasteiger partial charge in [0.1, 0.15) is 17.2 Å². The Bertz CT molecular complexity index is 1230. The van der Waals surface area contributed by atoms with Gasteiger partial charge in [0.15, 0.2) is 0 Å². The van der Waals surface area contributed by atoms with Crippen LogP contribution in [0.5, 0.6) is 11.5 Å². The fraction of sp³-hybridized carbons (Fsp3) is 0.154. The Hall–Kier alpha value is -4.06. The first kappa shape index (κ1) is 21.2. The van der Waals surface area contributed by atoms with Gasteiger partial charge in [-0.1, -0.05) is 35.9 Å². The number of ether oxygens (including phenoxy) is 2. The Morgan fingerprint density at radius 2 is 1.50 bits per heavy atom. The zero-order valence-corrected chi connectivity index (χ0v) is 18.4. The van der Waals surface area contributed by atoms with Crippen LogP contribution >= 0.6 is 0 Å². The van der Waals surface area contributed by atoms with Crippen LogP contribution in [0.2, 0.25) is 0 Å². The Kier molecular flexibility index (Phi) is 5.69. The molecule has 32 heavy (non-hydrogen) atoms. The van der Waals surface area contributed by atoms with E-state index >= 15 is 0 Å². The second-order valence-electron chi connectivity index (χ2n) is 7.57. The van der Waals surface area contributed by atoms with Crippen LogP contribution < -0.4 is 19.7 Å². The minimum Gasteiger partial charge on any atom is -0.497 e. The van der Waals surface area contributed by atoms with Gasteiger partial charge < -0.3 is 14.8 Å². The zero-order chi connectivity index (χ0) is 22.8. The number of anilines is 2. The van der Waals surface area contributed by atoms with Crippen molar-refractivity contribution in [3.8, 4) is 11.5 Å². The SMILES string of the molecule is COc1ccc(C2=C(Nc3ccc(C)cc3C)C(=O)N(c3cccc(OC)c3)C2=O)cc1. The van der Waals surface area contributed by atoms with Gasteiger partial charge in [-0.3, -0.25) is 9.59 Å². The van der Waals surface area contributed by atoms with Gasteiger partial charge in [-0.25, -0.2) is 4.90 Å². The highest BCUT2D eigenvalue weighted by molar-refractivity contribution is 6.46. The van der Waals surface area contributed by atoms with E-state index in [4.69, 9.17) is 9.47 Å². The van der Waals surface area contributed by atoms with E-state index < -0.39 is 11.8 Å². The summed E-state index contributed by atoms with van der Waals surface area (Å²) in [6.07, 6.45) is 0. The lowest BCUT2D eigenvalue weighted by Gasteiger charge is -2.16. The number of amides is 2. The van der Waals surface area contributed by atoms with E-state index in [2.05, 4.69) is 5.32 Å². The molecule has 1 heterocycles. The molecule has 0 spiro atoms. The Labute approximate surface area is 187 Å². The van der Waals surface area contributed by atoms with Crippen LogP contribution in [0.25, 0.3) is 5.57 Å². The molecule has 0 atom stereocenters. The summed E-state index contributed by atoms with van der Waals surface area (Å²) < 4.78 is 10.5. The molecule has 0 saturated carbocycles. The summed E-state index contributed by atoms with van der Waals surface area (Å²) in [5.74, 6) is 0.402. The molecule has 6 heteroatoms. The maximum absolute atomic E-state index is 13.5. The summed E-state index contributed by atoms with van der Waals surface area (Å²) in [6, 6.07) is 19.9. The summed E-state index contributed by atoms with van der Waals surface area (Å²) >= 11 is 0. The van der Waals surface area contributed by atoms with Gasteiger partial charge in [-0.2, -0.15) is 0 Å². The predicted molar refractivity (Wildman–Crippen MR) is 125 cm³/mol. The van der Waals surface area contributed by atoms with Gasteiger partial charge >= 0.3 is 0 Å². The molecule has 4 rings (SSSR count). The summed E-state index contributed by atoms with van der Waals surface area (Å²) in [4.78, 5) is 28.2. The van der Waals surface area contributed by atoms with Crippen molar-refractivity contribution in [2.45, 2.75) is 13.8 Å². The van der Waals surface area contributed by atoms with E-state index in [1.165, 1.54) is 4.90 Å². The monoisotopic (exact) mass is 428 g/mol. The minimum absolute atomic E-state index is 0.231. The van der Waals surface area contributed by atoms with Crippen LogP contribution in [0.3, 0.4) is 0 Å². The topological polar surface area (TPSA) is 67.9 Å². The molecule has 0 aliphatic carbocycles. The lowest BCUT2D eigenvalue weighted by molar-refractivity contribution is -0.120. The summed E-state index contributed by atoms with van der Waals surface area (Å²) in [5, 5.41) is 3.23. The molecule has 162 valence electrons. The summed E-state index contributed by atoms with van der Waals surface area (Å²) in [5.41, 5.74) is 4.47. The molecule has 3 aromatic carbocycles. The number of methoxy groups -OCH3 is 2. The molecule has 0 bridgehead atoms. The molecule has 2 amide bonds. The van der Waals surface area contributed by atoms with Crippen molar-refractivity contribution in [2.75, 3.05) is 24.4 Å². The Balaban J connectivity index is 1.83. The molecule has 6 nitrogen and oxygen atoms in total. The first-order valence-corrected chi connectivity index (χ1v) is 10.2. The molecule has 0 unspecified atom stereocenters. The zero-order valence-electron chi connectivity index (χ0n) is 18.4. The quantitative estimate of drug-likeness (QED) is 0.576. The van der Waals surface area contributed by atoms with E-state index in [1.54, 1.807) is 62.8 Å². The number of hydrogen-bond donors (Lipinski definition) is 1. The van der Waals surface area contributed by atoms with Crippen LogP contribution in [0.15, 0.2) is 72.4 Å². The lowest BCUT2D eigenvalue weighted by Crippen LogP contribution is -2.32. The van der Waals surface area contributed by atoms with E-state index in [0.717, 1.165) is 16.8 Å². The van der Waals surface area contributed by atoms with Gasteiger partial charge in [0.05, 0.1) is 25.5 Å². The second-order valence-corrected chi connectivity index (χ2v) is 7.57. The van der Waals surface area contributed by atoms with Gasteiger partial charge in [-0.15, -0.1) is 0 Å². The number of hydrogen-bond acceptors (Lipinski definition) is 5. The van der Waals surface area contributed by atoms with E-state index in [1.807, 2.05) is 32.0 Å². The van der Waals surface area contributed by atoms with E-state index in [9.17, 15) is 9.59 Å². The fourth-order valence-electron chi connectivity index (χ4n) is 3.74. The standard InChI is InChI=1S/C26H24N2O4/c1-16-8-13-22(17(2)14-16)27-24-23(18-9-11-20(31-3)12-10-18)25(29)28(26(24)30)19-6-5-7-21(15-19)32-4/h5-15,27H,1-4H3. The minimum atomic E-state index is -0.422. The number of nitrogens with one attached hydrogen (secondary N) is 1. The fourth-order valence-corrected chi connectivity index (χ4v) is 3.74. The first-order valence-electron chi connectivity index (χ1n) is 10.2. The van der Waals surface area contributed by atoms with Crippen molar-refractivity contribution >= 4 is 28.8 Å². The average molecular weight is 428 g/mol. The van der Waals surface area contributed by atoms with Crippen molar-refractivity contribution < 1.29 is 19.1 Å². The third kappa shape index (κ3) is 3.83. The largest absolute Gasteiger partial charge is 0.497 e. The third-order valence-corrected chi connectivity index (χ3v) is 5.42. The molecule has 1 aliphatic heterocycles. The molecule has 3 aromatic rings. The molecule has 0 aromatic heterocycles. The smallest absolute Gasteiger partial charge is 0.282 e. The number of aryl methyl sites for hydroxylation is 2. The molecule has 0 radical (unpaired) electrons. The Morgan fingerprint density at radius 3 is 2.16 bits per heavy atom. The Morgan fingerprint density at radius 1 is 0.781 bits per heavy atom. The molecular formula is C26H24N2O4. The molecule has 1 N–H and O–H groups in total. The number of carbonyl (C=O) groups is 2. The number of carbonyl (C=O) groups excluding carboxylic acids is 2. The molecule has 0 saturated heterocycles. The van der Waals surface area contributed by atoms with E-state index in [0.29, 0.717) is 28.3 Å². The van der Waals surface area contributed by atoms with Gasteiger partial charge in [-0.05, 0) is 55.3 Å². The van der Waals surface area contributed by atoms with Gasteiger partial charge in [0.2, 0.25) is 0 Å². The second kappa shape index (κ2) is 8.59. The third-order valence-electron chi connectivity index (χ3n) is 5.42. The van der Waals surface area contributed by atoms with Crippen LogP contribution in [0, 0.1) is 13.8 Å². The van der Waals surface area contributed by atoms with Crippen molar-refractivity contribution in [3.05, 3.63) is 89.1 Å². The maximum Gasteiger partial charge on any atom is 0.282 e.